The molecule has 1 N–H and O–H groups in total. The molecule has 0 radical (unpaired) electrons. The van der Waals surface area contributed by atoms with E-state index >= 15 is 0 Å². The summed E-state index contributed by atoms with van der Waals surface area (Å²) in [6, 6.07) is 0.686. The lowest BCUT2D eigenvalue weighted by Crippen LogP contribution is -2.14. The van der Waals surface area contributed by atoms with Crippen molar-refractivity contribution in [3.8, 4) is 0 Å². The Bertz CT molecular complexity index is 372. The minimum atomic E-state index is 0.625. The zero-order valence-electron chi connectivity index (χ0n) is 10.5. The molecule has 2 unspecified atom stereocenters. The van der Waals surface area contributed by atoms with E-state index in [0.717, 1.165) is 16.9 Å². The van der Waals surface area contributed by atoms with Gasteiger partial charge in [0.15, 0.2) is 0 Å². The van der Waals surface area contributed by atoms with Gasteiger partial charge in [0, 0.05) is 23.5 Å². The highest BCUT2D eigenvalue weighted by molar-refractivity contribution is 7.09. The van der Waals surface area contributed by atoms with Gasteiger partial charge >= 0.3 is 0 Å². The van der Waals surface area contributed by atoms with Crippen LogP contribution in [0.4, 0.5) is 5.13 Å². The molecule has 94 valence electrons. The molecule has 0 bridgehead atoms. The van der Waals surface area contributed by atoms with Crippen LogP contribution >= 0.6 is 11.5 Å². The zero-order valence-corrected chi connectivity index (χ0v) is 11.3. The molecule has 1 aromatic heterocycles. The van der Waals surface area contributed by atoms with Crippen LogP contribution in [-0.4, -0.2) is 15.4 Å². The molecular formula is C13H21N3S. The van der Waals surface area contributed by atoms with Crippen molar-refractivity contribution in [3.05, 3.63) is 5.82 Å². The second-order valence-electron chi connectivity index (χ2n) is 5.51. The van der Waals surface area contributed by atoms with E-state index in [9.17, 15) is 0 Å². The summed E-state index contributed by atoms with van der Waals surface area (Å²) in [4.78, 5) is 4.68. The summed E-state index contributed by atoms with van der Waals surface area (Å²) in [7, 11) is 0. The van der Waals surface area contributed by atoms with E-state index < -0.39 is 0 Å². The van der Waals surface area contributed by atoms with Crippen molar-refractivity contribution >= 4 is 16.7 Å². The van der Waals surface area contributed by atoms with E-state index in [1.165, 1.54) is 44.9 Å². The average molecular weight is 251 g/mol. The second kappa shape index (κ2) is 4.92. The van der Waals surface area contributed by atoms with Crippen LogP contribution < -0.4 is 5.32 Å². The fourth-order valence-corrected chi connectivity index (χ4v) is 3.48. The molecule has 4 heteroatoms. The minimum absolute atomic E-state index is 0.625. The Morgan fingerprint density at radius 2 is 2.18 bits per heavy atom. The van der Waals surface area contributed by atoms with Gasteiger partial charge in [-0.2, -0.15) is 4.37 Å². The first-order valence-electron chi connectivity index (χ1n) is 6.95. The third-order valence-electron chi connectivity index (χ3n) is 4.07. The maximum Gasteiger partial charge on any atom is 0.202 e. The number of anilines is 1. The number of hydrogen-bond acceptors (Lipinski definition) is 4. The third kappa shape index (κ3) is 2.79. The van der Waals surface area contributed by atoms with Crippen molar-refractivity contribution < 1.29 is 0 Å². The lowest BCUT2D eigenvalue weighted by Gasteiger charge is -2.26. The van der Waals surface area contributed by atoms with Gasteiger partial charge in [-0.3, -0.25) is 0 Å². The molecule has 2 saturated carbocycles. The summed E-state index contributed by atoms with van der Waals surface area (Å²) in [5, 5.41) is 4.49. The summed E-state index contributed by atoms with van der Waals surface area (Å²) in [6.07, 6.45) is 9.27. The quantitative estimate of drug-likeness (QED) is 0.884. The minimum Gasteiger partial charge on any atom is -0.358 e. The molecule has 2 aliphatic rings. The van der Waals surface area contributed by atoms with Crippen LogP contribution in [0, 0.1) is 5.92 Å². The Hall–Kier alpha value is -0.640. The van der Waals surface area contributed by atoms with Crippen molar-refractivity contribution in [2.45, 2.75) is 63.8 Å². The van der Waals surface area contributed by atoms with E-state index in [-0.39, 0.29) is 0 Å². The molecule has 3 nitrogen and oxygen atoms in total. The molecule has 0 aliphatic heterocycles. The molecule has 3 rings (SSSR count). The summed E-state index contributed by atoms with van der Waals surface area (Å²) in [5.74, 6) is 2.63. The molecule has 2 atom stereocenters. The summed E-state index contributed by atoms with van der Waals surface area (Å²) in [5.41, 5.74) is 0. The van der Waals surface area contributed by atoms with Crippen LogP contribution in [0.15, 0.2) is 0 Å². The lowest BCUT2D eigenvalue weighted by molar-refractivity contribution is 0.308. The molecule has 2 aliphatic carbocycles. The van der Waals surface area contributed by atoms with E-state index in [1.54, 1.807) is 11.5 Å². The Morgan fingerprint density at radius 3 is 2.94 bits per heavy atom. The monoisotopic (exact) mass is 251 g/mol. The maximum absolute atomic E-state index is 4.68. The Balaban J connectivity index is 1.63. The van der Waals surface area contributed by atoms with E-state index in [4.69, 9.17) is 0 Å². The van der Waals surface area contributed by atoms with Crippen LogP contribution in [-0.2, 0) is 0 Å². The number of nitrogens with one attached hydrogen (secondary N) is 1. The van der Waals surface area contributed by atoms with Gasteiger partial charge in [-0.05, 0) is 31.6 Å². The van der Waals surface area contributed by atoms with Gasteiger partial charge in [0.25, 0.3) is 0 Å². The summed E-state index contributed by atoms with van der Waals surface area (Å²) in [6.45, 7) is 2.31. The molecule has 17 heavy (non-hydrogen) atoms. The lowest BCUT2D eigenvalue weighted by atomic mass is 9.80. The molecule has 0 aromatic carbocycles. The van der Waals surface area contributed by atoms with Crippen LogP contribution in [0.3, 0.4) is 0 Å². The zero-order chi connectivity index (χ0) is 11.7. The van der Waals surface area contributed by atoms with E-state index in [1.807, 2.05) is 0 Å². The normalized spacial score (nSPS) is 29.2. The van der Waals surface area contributed by atoms with Gasteiger partial charge in [0.05, 0.1) is 0 Å². The second-order valence-corrected chi connectivity index (χ2v) is 6.27. The fourth-order valence-electron chi connectivity index (χ4n) is 2.76. The Labute approximate surface area is 107 Å². The van der Waals surface area contributed by atoms with Crippen molar-refractivity contribution in [2.24, 2.45) is 5.92 Å². The number of rotatable bonds is 4. The maximum atomic E-state index is 4.68. The van der Waals surface area contributed by atoms with Crippen LogP contribution in [0.1, 0.15) is 63.6 Å². The van der Waals surface area contributed by atoms with Crippen molar-refractivity contribution in [2.75, 3.05) is 5.32 Å². The smallest absolute Gasteiger partial charge is 0.202 e. The fraction of sp³-hybridized carbons (Fsp3) is 0.846. The van der Waals surface area contributed by atoms with Gasteiger partial charge in [-0.25, -0.2) is 4.98 Å². The molecule has 1 heterocycles. The first-order chi connectivity index (χ1) is 8.35. The largest absolute Gasteiger partial charge is 0.358 e. The van der Waals surface area contributed by atoms with E-state index in [2.05, 4.69) is 21.6 Å². The van der Waals surface area contributed by atoms with Crippen LogP contribution in [0.2, 0.25) is 0 Å². The van der Waals surface area contributed by atoms with Crippen molar-refractivity contribution in [1.82, 2.24) is 9.36 Å². The SMILES string of the molecule is CCC1CCCC(c2nsc(NC3CC3)n2)C1. The van der Waals surface area contributed by atoms with Crippen LogP contribution in [0.25, 0.3) is 0 Å². The van der Waals surface area contributed by atoms with Gasteiger partial charge in [-0.1, -0.05) is 26.2 Å². The predicted molar refractivity (Wildman–Crippen MR) is 71.5 cm³/mol. The molecule has 2 fully saturated rings. The molecule has 0 amide bonds. The van der Waals surface area contributed by atoms with Gasteiger partial charge in [0.2, 0.25) is 5.13 Å². The van der Waals surface area contributed by atoms with Crippen molar-refractivity contribution in [3.63, 3.8) is 0 Å². The number of nitrogens with zero attached hydrogens (tertiary/aromatic N) is 2. The van der Waals surface area contributed by atoms with Crippen molar-refractivity contribution in [1.29, 1.82) is 0 Å². The number of hydrogen-bond donors (Lipinski definition) is 1. The van der Waals surface area contributed by atoms with Gasteiger partial charge in [0.1, 0.15) is 5.82 Å². The first-order valence-corrected chi connectivity index (χ1v) is 7.72. The molecule has 1 aromatic rings. The Morgan fingerprint density at radius 1 is 1.29 bits per heavy atom. The summed E-state index contributed by atoms with van der Waals surface area (Å²) >= 11 is 1.55. The number of aromatic nitrogens is 2. The molecule has 0 spiro atoms. The predicted octanol–water partition coefficient (Wildman–Crippen LogP) is 3.80. The topological polar surface area (TPSA) is 37.8 Å². The standard InChI is InChI=1S/C13H21N3S/c1-2-9-4-3-5-10(8-9)12-15-13(17-16-12)14-11-6-7-11/h9-11H,2-8H2,1H3,(H,14,15,16). The highest BCUT2D eigenvalue weighted by Crippen LogP contribution is 2.37. The third-order valence-corrected chi connectivity index (χ3v) is 4.73. The average Bonchev–Trinajstić information content (AvgIpc) is 3.05. The molecule has 0 saturated heterocycles. The van der Waals surface area contributed by atoms with Gasteiger partial charge < -0.3 is 5.32 Å². The molecular weight excluding hydrogens is 230 g/mol. The summed E-state index contributed by atoms with van der Waals surface area (Å²) < 4.78 is 4.56. The highest BCUT2D eigenvalue weighted by atomic mass is 32.1. The van der Waals surface area contributed by atoms with Crippen LogP contribution in [0.5, 0.6) is 0 Å². The highest BCUT2D eigenvalue weighted by Gasteiger charge is 2.26. The first kappa shape index (κ1) is 11.5. The van der Waals surface area contributed by atoms with E-state index in [0.29, 0.717) is 12.0 Å². The van der Waals surface area contributed by atoms with Gasteiger partial charge in [-0.15, -0.1) is 0 Å². The Kier molecular flexibility index (Phi) is 3.32.